The molecule has 21 heavy (non-hydrogen) atoms. The number of carbonyl (C=O) groups is 1. The Morgan fingerprint density at radius 1 is 1.14 bits per heavy atom. The van der Waals surface area contributed by atoms with Gasteiger partial charge in [-0.15, -0.1) is 0 Å². The van der Waals surface area contributed by atoms with E-state index in [1.54, 1.807) is 36.4 Å². The lowest BCUT2D eigenvalue weighted by molar-refractivity contribution is 0.0991. The van der Waals surface area contributed by atoms with Crippen molar-refractivity contribution < 1.29 is 15.0 Å². The monoisotopic (exact) mass is 282 g/mol. The molecule has 0 aliphatic rings. The molecule has 0 saturated heterocycles. The third-order valence-corrected chi connectivity index (χ3v) is 2.93. The largest absolute Gasteiger partial charge is 0.503 e. The van der Waals surface area contributed by atoms with Gasteiger partial charge in [-0.05, 0) is 24.3 Å². The minimum absolute atomic E-state index is 0.279. The molecule has 2 aromatic heterocycles. The van der Waals surface area contributed by atoms with Crippen LogP contribution in [0.25, 0.3) is 10.9 Å². The molecule has 0 aliphatic heterocycles. The summed E-state index contributed by atoms with van der Waals surface area (Å²) in [7, 11) is 0. The van der Waals surface area contributed by atoms with E-state index in [4.69, 9.17) is 0 Å². The Kier molecular flexibility index (Phi) is 3.07. The zero-order valence-electron chi connectivity index (χ0n) is 10.7. The lowest BCUT2D eigenvalue weighted by atomic mass is 10.2. The molecule has 0 spiro atoms. The van der Waals surface area contributed by atoms with Gasteiger partial charge in [0.2, 0.25) is 0 Å². The number of carbonyl (C=O) groups excluding carboxylic acids is 1. The maximum atomic E-state index is 11.8. The third-order valence-electron chi connectivity index (χ3n) is 2.93. The molecule has 0 fully saturated rings. The van der Waals surface area contributed by atoms with Crippen molar-refractivity contribution in [3.8, 4) is 11.6 Å². The van der Waals surface area contributed by atoms with Crippen LogP contribution < -0.4 is 0 Å². The summed E-state index contributed by atoms with van der Waals surface area (Å²) in [5.74, 6) is -1.38. The highest BCUT2D eigenvalue weighted by atomic mass is 16.3. The van der Waals surface area contributed by atoms with E-state index in [1.165, 1.54) is 12.4 Å². The number of rotatable bonds is 2. The Hall–Kier alpha value is -3.22. The summed E-state index contributed by atoms with van der Waals surface area (Å²) < 4.78 is 0.999. The summed E-state index contributed by atoms with van der Waals surface area (Å²) >= 11 is 0. The van der Waals surface area contributed by atoms with Gasteiger partial charge < -0.3 is 10.2 Å². The van der Waals surface area contributed by atoms with Gasteiger partial charge in [0.25, 0.3) is 11.8 Å². The number of hydrogen-bond acceptors (Lipinski definition) is 5. The molecule has 7 nitrogen and oxygen atoms in total. The van der Waals surface area contributed by atoms with Crippen LogP contribution in [0, 0.1) is 0 Å². The molecular formula is C14H10N4O3. The van der Waals surface area contributed by atoms with Crippen LogP contribution in [0.4, 0.5) is 0 Å². The maximum Gasteiger partial charge on any atom is 0.298 e. The second kappa shape index (κ2) is 5.04. The molecule has 0 saturated carbocycles. The standard InChI is InChI=1S/C14H10N4O3/c19-12-10-5-1-2-6-11(10)18(14(12)21)17-16-13(20)9-4-3-7-15-8-9/h1-8,19,21H. The first-order valence-corrected chi connectivity index (χ1v) is 6.06. The first kappa shape index (κ1) is 12.8. The zero-order valence-corrected chi connectivity index (χ0v) is 10.7. The summed E-state index contributed by atoms with van der Waals surface area (Å²) in [6.07, 6.45) is 2.91. The van der Waals surface area contributed by atoms with Crippen molar-refractivity contribution in [1.29, 1.82) is 0 Å². The van der Waals surface area contributed by atoms with E-state index in [9.17, 15) is 15.0 Å². The molecule has 0 aliphatic carbocycles. The van der Waals surface area contributed by atoms with Gasteiger partial charge in [-0.2, -0.15) is 4.68 Å². The minimum Gasteiger partial charge on any atom is -0.503 e. The van der Waals surface area contributed by atoms with Gasteiger partial charge >= 0.3 is 0 Å². The zero-order chi connectivity index (χ0) is 14.8. The van der Waals surface area contributed by atoms with Crippen LogP contribution in [0.2, 0.25) is 0 Å². The Bertz CT molecular complexity index is 840. The van der Waals surface area contributed by atoms with Gasteiger partial charge in [0.1, 0.15) is 0 Å². The van der Waals surface area contributed by atoms with Crippen LogP contribution in [0.1, 0.15) is 10.4 Å². The fraction of sp³-hybridized carbons (Fsp3) is 0. The molecule has 2 heterocycles. The van der Waals surface area contributed by atoms with E-state index in [-0.39, 0.29) is 11.3 Å². The molecule has 0 atom stereocenters. The number of hydrogen-bond donors (Lipinski definition) is 2. The van der Waals surface area contributed by atoms with Crippen molar-refractivity contribution in [2.24, 2.45) is 10.3 Å². The van der Waals surface area contributed by atoms with E-state index in [0.717, 1.165) is 4.68 Å². The fourth-order valence-corrected chi connectivity index (χ4v) is 1.92. The van der Waals surface area contributed by atoms with Crippen LogP contribution in [-0.4, -0.2) is 25.8 Å². The molecule has 3 aromatic rings. The van der Waals surface area contributed by atoms with Crippen molar-refractivity contribution in [2.75, 3.05) is 0 Å². The Balaban J connectivity index is 2.01. The van der Waals surface area contributed by atoms with Gasteiger partial charge in [0, 0.05) is 17.8 Å². The molecule has 2 N–H and O–H groups in total. The summed E-state index contributed by atoms with van der Waals surface area (Å²) in [4.78, 5) is 15.6. The Labute approximate surface area is 118 Å². The number of benzene rings is 1. The number of pyridine rings is 1. The average molecular weight is 282 g/mol. The van der Waals surface area contributed by atoms with E-state index >= 15 is 0 Å². The molecule has 3 rings (SSSR count). The van der Waals surface area contributed by atoms with Crippen LogP contribution in [0.3, 0.4) is 0 Å². The van der Waals surface area contributed by atoms with Crippen molar-refractivity contribution in [3.63, 3.8) is 0 Å². The normalized spacial score (nSPS) is 11.2. The van der Waals surface area contributed by atoms with Gasteiger partial charge in [0.05, 0.1) is 11.1 Å². The highest BCUT2D eigenvalue weighted by Gasteiger charge is 2.15. The molecule has 104 valence electrons. The van der Waals surface area contributed by atoms with Gasteiger partial charge in [0.15, 0.2) is 5.75 Å². The first-order valence-electron chi connectivity index (χ1n) is 6.06. The molecule has 1 aromatic carbocycles. The second-order valence-corrected chi connectivity index (χ2v) is 4.24. The minimum atomic E-state index is -0.597. The van der Waals surface area contributed by atoms with Crippen LogP contribution >= 0.6 is 0 Å². The molecule has 1 amide bonds. The van der Waals surface area contributed by atoms with Gasteiger partial charge in [-0.3, -0.25) is 9.78 Å². The maximum absolute atomic E-state index is 11.8. The number of amides is 1. The molecule has 0 radical (unpaired) electrons. The summed E-state index contributed by atoms with van der Waals surface area (Å²) in [6.45, 7) is 0. The van der Waals surface area contributed by atoms with Crippen molar-refractivity contribution >= 4 is 16.8 Å². The molecule has 7 heteroatoms. The SMILES string of the molecule is O=C(N=Nn1c(O)c(O)c2ccccc21)c1cccnc1. The smallest absolute Gasteiger partial charge is 0.298 e. The predicted molar refractivity (Wildman–Crippen MR) is 74.1 cm³/mol. The van der Waals surface area contributed by atoms with Crippen LogP contribution in [0.15, 0.2) is 59.1 Å². The predicted octanol–water partition coefficient (Wildman–Crippen LogP) is 2.50. The van der Waals surface area contributed by atoms with Crippen LogP contribution in [0.5, 0.6) is 11.6 Å². The van der Waals surface area contributed by atoms with Crippen molar-refractivity contribution in [3.05, 3.63) is 54.4 Å². The highest BCUT2D eigenvalue weighted by molar-refractivity contribution is 5.94. The number of aromatic hydroxyl groups is 2. The summed E-state index contributed by atoms with van der Waals surface area (Å²) in [5.41, 5.74) is 0.719. The van der Waals surface area contributed by atoms with Gasteiger partial charge in [-0.1, -0.05) is 22.5 Å². The molecule has 0 unspecified atom stereocenters. The van der Waals surface area contributed by atoms with Crippen molar-refractivity contribution in [1.82, 2.24) is 9.66 Å². The third kappa shape index (κ3) is 2.20. The lowest BCUT2D eigenvalue weighted by Gasteiger charge is -1.97. The summed E-state index contributed by atoms with van der Waals surface area (Å²) in [6, 6.07) is 9.86. The quantitative estimate of drug-likeness (QED) is 0.705. The lowest BCUT2D eigenvalue weighted by Crippen LogP contribution is -1.96. The first-order chi connectivity index (χ1) is 10.2. The fourth-order valence-electron chi connectivity index (χ4n) is 1.92. The van der Waals surface area contributed by atoms with Crippen LogP contribution in [-0.2, 0) is 0 Å². The number of fused-ring (bicyclic) bond motifs is 1. The number of aromatic nitrogens is 2. The average Bonchev–Trinajstić information content (AvgIpc) is 2.78. The Morgan fingerprint density at radius 3 is 2.71 bits per heavy atom. The van der Waals surface area contributed by atoms with Crippen molar-refractivity contribution in [2.45, 2.75) is 0 Å². The molecule has 0 bridgehead atoms. The summed E-state index contributed by atoms with van der Waals surface area (Å²) in [5, 5.41) is 27.3. The van der Waals surface area contributed by atoms with E-state index < -0.39 is 11.8 Å². The topological polar surface area (TPSA) is 100 Å². The second-order valence-electron chi connectivity index (χ2n) is 4.24. The number of nitrogens with zero attached hydrogens (tertiary/aromatic N) is 4. The molecular weight excluding hydrogens is 272 g/mol. The van der Waals surface area contributed by atoms with E-state index in [0.29, 0.717) is 10.9 Å². The Morgan fingerprint density at radius 2 is 1.95 bits per heavy atom. The number of para-hydroxylation sites is 1. The van der Waals surface area contributed by atoms with E-state index in [2.05, 4.69) is 15.3 Å². The van der Waals surface area contributed by atoms with Gasteiger partial charge in [-0.25, -0.2) is 0 Å². The highest BCUT2D eigenvalue weighted by Crippen LogP contribution is 2.36. The van der Waals surface area contributed by atoms with E-state index in [1.807, 2.05) is 0 Å².